The molecule has 3 rings (SSSR count). The zero-order valence-electron chi connectivity index (χ0n) is 16.1. The maximum atomic E-state index is 12.2. The number of ether oxygens (including phenoxy) is 1. The molecule has 0 spiro atoms. The van der Waals surface area contributed by atoms with Crippen molar-refractivity contribution in [2.24, 2.45) is 7.05 Å². The molecule has 0 aliphatic rings. The van der Waals surface area contributed by atoms with Crippen LogP contribution in [0.3, 0.4) is 0 Å². The van der Waals surface area contributed by atoms with E-state index >= 15 is 0 Å². The maximum absolute atomic E-state index is 12.2. The number of hydrogen-bond donors (Lipinski definition) is 2. The smallest absolute Gasteiger partial charge is 0.323 e. The SMILES string of the molecule is C#Cc1cccc(NC(=O)Nc2ccc(OC(=C)c3c(C)ccn3C)cc2Cl)c1. The van der Waals surface area contributed by atoms with Crippen LogP contribution >= 0.6 is 11.6 Å². The Labute approximate surface area is 175 Å². The summed E-state index contributed by atoms with van der Waals surface area (Å²) in [6.07, 6.45) is 7.32. The Morgan fingerprint density at radius 2 is 2.00 bits per heavy atom. The van der Waals surface area contributed by atoms with Crippen molar-refractivity contribution in [3.05, 3.63) is 83.2 Å². The molecule has 2 aromatic carbocycles. The summed E-state index contributed by atoms with van der Waals surface area (Å²) in [7, 11) is 1.93. The number of amides is 2. The molecule has 2 N–H and O–H groups in total. The van der Waals surface area contributed by atoms with Crippen molar-refractivity contribution < 1.29 is 9.53 Å². The van der Waals surface area contributed by atoms with Crippen LogP contribution in [0, 0.1) is 19.3 Å². The van der Waals surface area contributed by atoms with Gasteiger partial charge >= 0.3 is 6.03 Å². The van der Waals surface area contributed by atoms with Gasteiger partial charge in [-0.1, -0.05) is 30.2 Å². The number of anilines is 2. The van der Waals surface area contributed by atoms with E-state index in [1.807, 2.05) is 30.8 Å². The highest BCUT2D eigenvalue weighted by molar-refractivity contribution is 6.34. The molecule has 1 aromatic heterocycles. The first kappa shape index (κ1) is 20.1. The molecule has 0 saturated carbocycles. The molecule has 146 valence electrons. The molecule has 5 nitrogen and oxygen atoms in total. The first-order chi connectivity index (χ1) is 13.9. The van der Waals surface area contributed by atoms with Crippen LogP contribution in [-0.2, 0) is 7.05 Å². The number of rotatable bonds is 5. The number of carbonyl (C=O) groups excluding carboxylic acids is 1. The van der Waals surface area contributed by atoms with Gasteiger partial charge in [-0.15, -0.1) is 6.42 Å². The number of benzene rings is 2. The molecule has 0 atom stereocenters. The average molecular weight is 406 g/mol. The van der Waals surface area contributed by atoms with Crippen molar-refractivity contribution in [2.75, 3.05) is 10.6 Å². The predicted molar refractivity (Wildman–Crippen MR) is 118 cm³/mol. The zero-order chi connectivity index (χ0) is 21.0. The third-order valence-electron chi connectivity index (χ3n) is 4.26. The van der Waals surface area contributed by atoms with Gasteiger partial charge in [0.05, 0.1) is 16.4 Å². The van der Waals surface area contributed by atoms with Gasteiger partial charge in [0.25, 0.3) is 0 Å². The molecule has 0 unspecified atom stereocenters. The zero-order valence-corrected chi connectivity index (χ0v) is 16.9. The molecule has 0 fully saturated rings. The molecule has 0 aliphatic carbocycles. The van der Waals surface area contributed by atoms with Gasteiger partial charge in [0.2, 0.25) is 0 Å². The lowest BCUT2D eigenvalue weighted by Crippen LogP contribution is -2.19. The number of terminal acetylenes is 1. The van der Waals surface area contributed by atoms with E-state index in [1.54, 1.807) is 42.5 Å². The van der Waals surface area contributed by atoms with E-state index in [0.717, 1.165) is 11.3 Å². The van der Waals surface area contributed by atoms with Crippen LogP contribution in [0.5, 0.6) is 5.75 Å². The fourth-order valence-corrected chi connectivity index (χ4v) is 3.11. The van der Waals surface area contributed by atoms with Gasteiger partial charge in [-0.2, -0.15) is 0 Å². The Morgan fingerprint density at radius 1 is 1.21 bits per heavy atom. The molecule has 1 heterocycles. The third-order valence-corrected chi connectivity index (χ3v) is 4.57. The molecule has 3 aromatic rings. The lowest BCUT2D eigenvalue weighted by atomic mass is 10.2. The van der Waals surface area contributed by atoms with Gasteiger partial charge < -0.3 is 19.9 Å². The minimum absolute atomic E-state index is 0.339. The van der Waals surface area contributed by atoms with Crippen molar-refractivity contribution in [1.82, 2.24) is 4.57 Å². The normalized spacial score (nSPS) is 10.1. The van der Waals surface area contributed by atoms with Crippen LogP contribution in [0.2, 0.25) is 5.02 Å². The van der Waals surface area contributed by atoms with Crippen LogP contribution in [-0.4, -0.2) is 10.6 Å². The van der Waals surface area contributed by atoms with Gasteiger partial charge in [0, 0.05) is 30.6 Å². The summed E-state index contributed by atoms with van der Waals surface area (Å²) in [5.41, 5.74) is 3.67. The van der Waals surface area contributed by atoms with Gasteiger partial charge in [-0.05, 0) is 48.9 Å². The Hall–Kier alpha value is -3.62. The fourth-order valence-electron chi connectivity index (χ4n) is 2.89. The minimum atomic E-state index is -0.432. The largest absolute Gasteiger partial charge is 0.456 e. The van der Waals surface area contributed by atoms with E-state index in [2.05, 4.69) is 23.1 Å². The topological polar surface area (TPSA) is 55.3 Å². The van der Waals surface area contributed by atoms with E-state index in [-0.39, 0.29) is 0 Å². The fraction of sp³-hybridized carbons (Fsp3) is 0.0870. The summed E-state index contributed by atoms with van der Waals surface area (Å²) in [5, 5.41) is 5.76. The molecule has 2 amide bonds. The summed E-state index contributed by atoms with van der Waals surface area (Å²) < 4.78 is 7.77. The van der Waals surface area contributed by atoms with Crippen LogP contribution in [0.4, 0.5) is 16.2 Å². The average Bonchev–Trinajstić information content (AvgIpc) is 3.02. The molecular weight excluding hydrogens is 386 g/mol. The monoisotopic (exact) mass is 405 g/mol. The molecular formula is C23H20ClN3O2. The molecule has 0 saturated heterocycles. The maximum Gasteiger partial charge on any atom is 0.323 e. The lowest BCUT2D eigenvalue weighted by molar-refractivity contribution is 0.262. The minimum Gasteiger partial charge on any atom is -0.456 e. The van der Waals surface area contributed by atoms with Crippen molar-refractivity contribution in [3.8, 4) is 18.1 Å². The molecule has 0 radical (unpaired) electrons. The number of carbonyl (C=O) groups is 1. The van der Waals surface area contributed by atoms with Gasteiger partial charge in [0.1, 0.15) is 11.5 Å². The molecule has 0 aliphatic heterocycles. The number of aryl methyl sites for hydroxylation is 2. The predicted octanol–water partition coefficient (Wildman–Crippen LogP) is 5.66. The van der Waals surface area contributed by atoms with Crippen molar-refractivity contribution in [1.29, 1.82) is 0 Å². The summed E-state index contributed by atoms with van der Waals surface area (Å²) in [6, 6.07) is 13.6. The summed E-state index contributed by atoms with van der Waals surface area (Å²) >= 11 is 6.31. The Kier molecular flexibility index (Phi) is 5.96. The number of nitrogens with zero attached hydrogens (tertiary/aromatic N) is 1. The van der Waals surface area contributed by atoms with Crippen LogP contribution in [0.1, 0.15) is 16.8 Å². The number of nitrogens with one attached hydrogen (secondary N) is 2. The summed E-state index contributed by atoms with van der Waals surface area (Å²) in [5.74, 6) is 3.56. The van der Waals surface area contributed by atoms with E-state index < -0.39 is 6.03 Å². The van der Waals surface area contributed by atoms with E-state index in [4.69, 9.17) is 22.8 Å². The van der Waals surface area contributed by atoms with Gasteiger partial charge in [-0.25, -0.2) is 4.79 Å². The first-order valence-electron chi connectivity index (χ1n) is 8.80. The second kappa shape index (κ2) is 8.59. The van der Waals surface area contributed by atoms with E-state index in [9.17, 15) is 4.79 Å². The lowest BCUT2D eigenvalue weighted by Gasteiger charge is -2.13. The highest BCUT2D eigenvalue weighted by Gasteiger charge is 2.12. The van der Waals surface area contributed by atoms with Crippen LogP contribution in [0.25, 0.3) is 5.76 Å². The van der Waals surface area contributed by atoms with Crippen molar-refractivity contribution >= 4 is 34.8 Å². The molecule has 6 heteroatoms. The highest BCUT2D eigenvalue weighted by Crippen LogP contribution is 2.30. The van der Waals surface area contributed by atoms with E-state index in [1.165, 1.54) is 0 Å². The van der Waals surface area contributed by atoms with Crippen molar-refractivity contribution in [2.45, 2.75) is 6.92 Å². The Morgan fingerprint density at radius 3 is 2.66 bits per heavy atom. The number of hydrogen-bond acceptors (Lipinski definition) is 2. The van der Waals surface area contributed by atoms with Gasteiger partial charge in [0.15, 0.2) is 0 Å². The van der Waals surface area contributed by atoms with Crippen LogP contribution < -0.4 is 15.4 Å². The number of aromatic nitrogens is 1. The standard InChI is InChI=1S/C23H20ClN3O2/c1-5-17-7-6-8-18(13-17)25-23(28)26-21-10-9-19(14-20(21)24)29-16(3)22-15(2)11-12-27(22)4/h1,6-14H,3H2,2,4H3,(H2,25,26,28). The van der Waals surface area contributed by atoms with Gasteiger partial charge in [-0.3, -0.25) is 0 Å². The van der Waals surface area contributed by atoms with Crippen LogP contribution in [0.15, 0.2) is 61.3 Å². The third kappa shape index (κ3) is 4.81. The quantitative estimate of drug-likeness (QED) is 0.425. The second-order valence-corrected chi connectivity index (χ2v) is 6.84. The number of halogens is 1. The summed E-state index contributed by atoms with van der Waals surface area (Å²) in [4.78, 5) is 12.2. The number of urea groups is 1. The Bertz CT molecular complexity index is 1110. The Balaban J connectivity index is 1.67. The van der Waals surface area contributed by atoms with E-state index in [0.29, 0.717) is 33.5 Å². The van der Waals surface area contributed by atoms with Crippen molar-refractivity contribution in [3.63, 3.8) is 0 Å². The second-order valence-electron chi connectivity index (χ2n) is 6.43. The first-order valence-corrected chi connectivity index (χ1v) is 9.18. The molecule has 29 heavy (non-hydrogen) atoms. The summed E-state index contributed by atoms with van der Waals surface area (Å²) in [6.45, 7) is 5.98. The highest BCUT2D eigenvalue weighted by atomic mass is 35.5. The molecule has 0 bridgehead atoms.